The van der Waals surface area contributed by atoms with E-state index in [0.29, 0.717) is 17.3 Å². The second-order valence-corrected chi connectivity index (χ2v) is 7.73. The summed E-state index contributed by atoms with van der Waals surface area (Å²) in [5, 5.41) is 3.50. The molecule has 2 rings (SSSR count). The van der Waals surface area contributed by atoms with Gasteiger partial charge in [0.05, 0.1) is 4.90 Å². The Morgan fingerprint density at radius 1 is 1.19 bits per heavy atom. The van der Waals surface area contributed by atoms with E-state index in [9.17, 15) is 8.42 Å². The number of anilines is 1. The molecule has 0 aromatic heterocycles. The zero-order valence-electron chi connectivity index (χ0n) is 11.2. The summed E-state index contributed by atoms with van der Waals surface area (Å²) in [5.41, 5.74) is 1.27. The Balaban J connectivity index is 2.33. The number of rotatable bonds is 5. The van der Waals surface area contributed by atoms with Crippen molar-refractivity contribution in [3.63, 3.8) is 0 Å². The fourth-order valence-corrected chi connectivity index (χ4v) is 3.64. The van der Waals surface area contributed by atoms with Crippen LogP contribution in [0.1, 0.15) is 5.56 Å². The third-order valence-corrected chi connectivity index (χ3v) is 5.19. The number of hydrogen-bond acceptors (Lipinski definition) is 3. The van der Waals surface area contributed by atoms with E-state index in [1.807, 2.05) is 6.07 Å². The van der Waals surface area contributed by atoms with Crippen molar-refractivity contribution in [2.24, 2.45) is 0 Å². The Hall–Kier alpha value is -0.830. The van der Waals surface area contributed by atoms with E-state index in [1.165, 1.54) is 6.07 Å². The normalized spacial score (nSPS) is 11.4. The summed E-state index contributed by atoms with van der Waals surface area (Å²) in [7, 11) is -1.85. The van der Waals surface area contributed by atoms with E-state index in [2.05, 4.69) is 32.6 Å². The van der Waals surface area contributed by atoms with Crippen molar-refractivity contribution in [1.29, 1.82) is 0 Å². The first-order valence-corrected chi connectivity index (χ1v) is 9.08. The Bertz CT molecular complexity index is 750. The molecule has 0 saturated heterocycles. The smallest absolute Gasteiger partial charge is 0.261 e. The maximum absolute atomic E-state index is 12.4. The Morgan fingerprint density at radius 3 is 2.62 bits per heavy atom. The Labute approximate surface area is 143 Å². The molecule has 0 amide bonds. The highest BCUT2D eigenvalue weighted by atomic mass is 127. The van der Waals surface area contributed by atoms with Crippen molar-refractivity contribution < 1.29 is 8.42 Å². The van der Waals surface area contributed by atoms with Crippen LogP contribution in [0, 0.1) is 3.57 Å². The number of benzene rings is 2. The minimum atomic E-state index is -3.63. The standard InChI is InChI=1S/C14H14ClIN2O2S/c1-17-9-10-7-13(5-6-14(10)15)21(19,20)18-12-4-2-3-11(16)8-12/h2-8,17-18H,9H2,1H3. The minimum absolute atomic E-state index is 0.191. The second-order valence-electron chi connectivity index (χ2n) is 4.40. The highest BCUT2D eigenvalue weighted by Gasteiger charge is 2.16. The Morgan fingerprint density at radius 2 is 1.95 bits per heavy atom. The van der Waals surface area contributed by atoms with Gasteiger partial charge in [-0.3, -0.25) is 4.72 Å². The van der Waals surface area contributed by atoms with Gasteiger partial charge in [0, 0.05) is 20.8 Å². The lowest BCUT2D eigenvalue weighted by Crippen LogP contribution is -2.14. The molecule has 0 aliphatic carbocycles. The molecule has 0 saturated carbocycles. The number of halogens is 2. The largest absolute Gasteiger partial charge is 0.316 e. The van der Waals surface area contributed by atoms with Crippen LogP contribution in [0.25, 0.3) is 0 Å². The zero-order chi connectivity index (χ0) is 15.5. The van der Waals surface area contributed by atoms with Crippen molar-refractivity contribution in [3.8, 4) is 0 Å². The molecule has 7 heteroatoms. The van der Waals surface area contributed by atoms with Gasteiger partial charge >= 0.3 is 0 Å². The highest BCUT2D eigenvalue weighted by Crippen LogP contribution is 2.23. The van der Waals surface area contributed by atoms with Crippen molar-refractivity contribution in [2.75, 3.05) is 11.8 Å². The molecule has 2 aromatic carbocycles. The van der Waals surface area contributed by atoms with Crippen LogP contribution < -0.4 is 10.0 Å². The van der Waals surface area contributed by atoms with Crippen LogP contribution in [0.4, 0.5) is 5.69 Å². The molecular formula is C14H14ClIN2O2S. The lowest BCUT2D eigenvalue weighted by molar-refractivity contribution is 0.601. The van der Waals surface area contributed by atoms with E-state index >= 15 is 0 Å². The summed E-state index contributed by atoms with van der Waals surface area (Å²) in [5.74, 6) is 0. The predicted octanol–water partition coefficient (Wildman–Crippen LogP) is 3.46. The van der Waals surface area contributed by atoms with Crippen molar-refractivity contribution in [3.05, 3.63) is 56.6 Å². The molecule has 0 aliphatic heterocycles. The zero-order valence-corrected chi connectivity index (χ0v) is 15.0. The minimum Gasteiger partial charge on any atom is -0.316 e. The van der Waals surface area contributed by atoms with Gasteiger partial charge < -0.3 is 5.32 Å². The SMILES string of the molecule is CNCc1cc(S(=O)(=O)Nc2cccc(I)c2)ccc1Cl. The quantitative estimate of drug-likeness (QED) is 0.706. The van der Waals surface area contributed by atoms with Gasteiger partial charge in [0.15, 0.2) is 0 Å². The molecule has 0 heterocycles. The van der Waals surface area contributed by atoms with E-state index in [4.69, 9.17) is 11.6 Å². The van der Waals surface area contributed by atoms with Gasteiger partial charge in [0.1, 0.15) is 0 Å². The van der Waals surface area contributed by atoms with Crippen LogP contribution in [0.15, 0.2) is 47.4 Å². The maximum Gasteiger partial charge on any atom is 0.261 e. The lowest BCUT2D eigenvalue weighted by atomic mass is 10.2. The van der Waals surface area contributed by atoms with Crippen LogP contribution in [0.5, 0.6) is 0 Å². The first kappa shape index (κ1) is 16.5. The summed E-state index contributed by atoms with van der Waals surface area (Å²) in [6.07, 6.45) is 0. The van der Waals surface area contributed by atoms with Crippen LogP contribution in [-0.4, -0.2) is 15.5 Å². The molecule has 4 nitrogen and oxygen atoms in total. The molecule has 0 fully saturated rings. The molecule has 0 spiro atoms. The van der Waals surface area contributed by atoms with E-state index in [-0.39, 0.29) is 4.90 Å². The fraction of sp³-hybridized carbons (Fsp3) is 0.143. The molecule has 2 N–H and O–H groups in total. The lowest BCUT2D eigenvalue weighted by Gasteiger charge is -2.11. The second kappa shape index (κ2) is 6.95. The molecule has 0 radical (unpaired) electrons. The van der Waals surface area contributed by atoms with Crippen molar-refractivity contribution in [1.82, 2.24) is 5.32 Å². The number of hydrogen-bond donors (Lipinski definition) is 2. The Kier molecular flexibility index (Phi) is 5.48. The van der Waals surface area contributed by atoms with E-state index in [0.717, 1.165) is 9.13 Å². The topological polar surface area (TPSA) is 58.2 Å². The van der Waals surface area contributed by atoms with Crippen molar-refractivity contribution in [2.45, 2.75) is 11.4 Å². The first-order chi connectivity index (χ1) is 9.92. The van der Waals surface area contributed by atoms with Gasteiger partial charge in [-0.15, -0.1) is 0 Å². The molecule has 0 unspecified atom stereocenters. The van der Waals surface area contributed by atoms with Crippen LogP contribution in [0.2, 0.25) is 5.02 Å². The molecule has 21 heavy (non-hydrogen) atoms. The fourth-order valence-electron chi connectivity index (χ4n) is 1.81. The first-order valence-electron chi connectivity index (χ1n) is 6.14. The van der Waals surface area contributed by atoms with Gasteiger partial charge in [0.2, 0.25) is 0 Å². The van der Waals surface area contributed by atoms with Crippen LogP contribution in [0.3, 0.4) is 0 Å². The molecule has 0 atom stereocenters. The summed E-state index contributed by atoms with van der Waals surface area (Å²) in [6.45, 7) is 0.505. The van der Waals surface area contributed by atoms with Crippen molar-refractivity contribution >= 4 is 49.9 Å². The van der Waals surface area contributed by atoms with E-state index in [1.54, 1.807) is 37.4 Å². The summed E-state index contributed by atoms with van der Waals surface area (Å²) >= 11 is 8.18. The summed E-state index contributed by atoms with van der Waals surface area (Å²) < 4.78 is 28.3. The highest BCUT2D eigenvalue weighted by molar-refractivity contribution is 14.1. The average Bonchev–Trinajstić information content (AvgIpc) is 2.41. The average molecular weight is 437 g/mol. The molecule has 112 valence electrons. The van der Waals surface area contributed by atoms with Gasteiger partial charge in [-0.2, -0.15) is 0 Å². The van der Waals surface area contributed by atoms with Gasteiger partial charge in [-0.25, -0.2) is 8.42 Å². The molecule has 0 aliphatic rings. The van der Waals surface area contributed by atoms with Gasteiger partial charge in [0.25, 0.3) is 10.0 Å². The van der Waals surface area contributed by atoms with Crippen LogP contribution >= 0.6 is 34.2 Å². The predicted molar refractivity (Wildman–Crippen MR) is 94.2 cm³/mol. The van der Waals surface area contributed by atoms with Crippen LogP contribution in [-0.2, 0) is 16.6 Å². The third-order valence-electron chi connectivity index (χ3n) is 2.77. The van der Waals surface area contributed by atoms with E-state index < -0.39 is 10.0 Å². The summed E-state index contributed by atoms with van der Waals surface area (Å²) in [4.78, 5) is 0.191. The number of sulfonamides is 1. The molecule has 0 bridgehead atoms. The molecule has 2 aromatic rings. The summed E-state index contributed by atoms with van der Waals surface area (Å²) in [6, 6.07) is 11.8. The van der Waals surface area contributed by atoms with Gasteiger partial charge in [-0.05, 0) is 71.6 Å². The number of nitrogens with one attached hydrogen (secondary N) is 2. The van der Waals surface area contributed by atoms with Gasteiger partial charge in [-0.1, -0.05) is 17.7 Å². The monoisotopic (exact) mass is 436 g/mol. The third kappa shape index (κ3) is 4.32. The molecular weight excluding hydrogens is 423 g/mol. The maximum atomic E-state index is 12.4.